The van der Waals surface area contributed by atoms with E-state index in [2.05, 4.69) is 19.6 Å². The fourth-order valence-electron chi connectivity index (χ4n) is 2.23. The van der Waals surface area contributed by atoms with Gasteiger partial charge in [0.1, 0.15) is 11.9 Å². The van der Waals surface area contributed by atoms with E-state index in [0.29, 0.717) is 10.8 Å². The highest BCUT2D eigenvalue weighted by molar-refractivity contribution is 7.80. The third-order valence-electron chi connectivity index (χ3n) is 3.41. The summed E-state index contributed by atoms with van der Waals surface area (Å²) >= 11 is 4.10. The number of halogens is 1. The van der Waals surface area contributed by atoms with Crippen LogP contribution in [0.25, 0.3) is 0 Å². The predicted molar refractivity (Wildman–Crippen MR) is 70.5 cm³/mol. The normalized spacial score (nSPS) is 23.7. The molecule has 2 nitrogen and oxygen atoms in total. The van der Waals surface area contributed by atoms with E-state index in [4.69, 9.17) is 4.74 Å². The molecular weight excluding hydrogens is 251 g/mol. The summed E-state index contributed by atoms with van der Waals surface area (Å²) in [6.45, 7) is 2.20. The molecule has 0 unspecified atom stereocenters. The van der Waals surface area contributed by atoms with Gasteiger partial charge in [-0.15, -0.1) is 12.6 Å². The minimum absolute atomic E-state index is 0.0267. The summed E-state index contributed by atoms with van der Waals surface area (Å²) < 4.78 is 18.9. The van der Waals surface area contributed by atoms with Gasteiger partial charge in [-0.25, -0.2) is 9.18 Å². The molecule has 0 amide bonds. The standard InChI is InChI=1S/C14H17FO2S/c1-9-2-4-10(5-3-9)17-14(16)12-8-11(18)6-7-13(12)15/h6-10,18H,2-5H2,1H3. The van der Waals surface area contributed by atoms with Crippen LogP contribution in [0.5, 0.6) is 0 Å². The molecule has 0 atom stereocenters. The van der Waals surface area contributed by atoms with Crippen molar-refractivity contribution in [1.29, 1.82) is 0 Å². The zero-order chi connectivity index (χ0) is 13.1. The minimum Gasteiger partial charge on any atom is -0.459 e. The Morgan fingerprint density at radius 1 is 1.33 bits per heavy atom. The van der Waals surface area contributed by atoms with Gasteiger partial charge < -0.3 is 4.74 Å². The topological polar surface area (TPSA) is 26.3 Å². The van der Waals surface area contributed by atoms with Gasteiger partial charge >= 0.3 is 5.97 Å². The molecule has 1 saturated carbocycles. The van der Waals surface area contributed by atoms with Crippen LogP contribution in [-0.4, -0.2) is 12.1 Å². The lowest BCUT2D eigenvalue weighted by Gasteiger charge is -2.26. The van der Waals surface area contributed by atoms with Crippen molar-refractivity contribution in [2.75, 3.05) is 0 Å². The van der Waals surface area contributed by atoms with Gasteiger partial charge in [-0.3, -0.25) is 0 Å². The molecule has 0 spiro atoms. The number of hydrogen-bond acceptors (Lipinski definition) is 3. The summed E-state index contributed by atoms with van der Waals surface area (Å²) in [6, 6.07) is 4.16. The van der Waals surface area contributed by atoms with Gasteiger partial charge in [0, 0.05) is 4.90 Å². The number of ether oxygens (including phenoxy) is 1. The number of rotatable bonds is 2. The van der Waals surface area contributed by atoms with Crippen molar-refractivity contribution in [3.8, 4) is 0 Å². The zero-order valence-electron chi connectivity index (χ0n) is 10.4. The van der Waals surface area contributed by atoms with Crippen molar-refractivity contribution in [2.24, 2.45) is 5.92 Å². The van der Waals surface area contributed by atoms with Crippen LogP contribution in [0.3, 0.4) is 0 Å². The van der Waals surface area contributed by atoms with Crippen molar-refractivity contribution in [2.45, 2.75) is 43.6 Å². The Kier molecular flexibility index (Phi) is 4.27. The average molecular weight is 268 g/mol. The Balaban J connectivity index is 2.01. The van der Waals surface area contributed by atoms with E-state index in [-0.39, 0.29) is 11.7 Å². The molecule has 1 aliphatic rings. The van der Waals surface area contributed by atoms with E-state index >= 15 is 0 Å². The van der Waals surface area contributed by atoms with Gasteiger partial charge in [-0.05, 0) is 49.8 Å². The van der Waals surface area contributed by atoms with E-state index in [0.717, 1.165) is 25.7 Å². The second-order valence-electron chi connectivity index (χ2n) is 4.95. The van der Waals surface area contributed by atoms with Crippen LogP contribution in [0.4, 0.5) is 4.39 Å². The first-order valence-corrected chi connectivity index (χ1v) is 6.70. The number of carbonyl (C=O) groups excluding carboxylic acids is 1. The number of carbonyl (C=O) groups is 1. The SMILES string of the molecule is CC1CCC(OC(=O)c2cc(S)ccc2F)CC1. The lowest BCUT2D eigenvalue weighted by molar-refractivity contribution is 0.0168. The third kappa shape index (κ3) is 3.25. The molecule has 1 aromatic rings. The van der Waals surface area contributed by atoms with Gasteiger partial charge in [0.25, 0.3) is 0 Å². The second kappa shape index (κ2) is 5.74. The smallest absolute Gasteiger partial charge is 0.341 e. The van der Waals surface area contributed by atoms with Gasteiger partial charge in [0.2, 0.25) is 0 Å². The van der Waals surface area contributed by atoms with Crippen LogP contribution in [0.15, 0.2) is 23.1 Å². The van der Waals surface area contributed by atoms with Gasteiger partial charge in [-0.1, -0.05) is 6.92 Å². The van der Waals surface area contributed by atoms with Crippen molar-refractivity contribution >= 4 is 18.6 Å². The molecule has 2 rings (SSSR count). The van der Waals surface area contributed by atoms with E-state index < -0.39 is 11.8 Å². The Hall–Kier alpha value is -1.03. The Morgan fingerprint density at radius 3 is 2.67 bits per heavy atom. The second-order valence-corrected chi connectivity index (χ2v) is 5.47. The molecule has 18 heavy (non-hydrogen) atoms. The maximum absolute atomic E-state index is 13.5. The summed E-state index contributed by atoms with van der Waals surface area (Å²) in [5, 5.41) is 0. The summed E-state index contributed by atoms with van der Waals surface area (Å²) in [7, 11) is 0. The maximum Gasteiger partial charge on any atom is 0.341 e. The molecule has 0 aliphatic heterocycles. The van der Waals surface area contributed by atoms with Crippen molar-refractivity contribution in [3.63, 3.8) is 0 Å². The number of thiol groups is 1. The highest BCUT2D eigenvalue weighted by atomic mass is 32.1. The third-order valence-corrected chi connectivity index (χ3v) is 3.68. The first-order valence-electron chi connectivity index (χ1n) is 6.25. The van der Waals surface area contributed by atoms with E-state index in [1.807, 2.05) is 0 Å². The number of esters is 1. The van der Waals surface area contributed by atoms with E-state index in [1.165, 1.54) is 18.2 Å². The van der Waals surface area contributed by atoms with Crippen molar-refractivity contribution in [3.05, 3.63) is 29.6 Å². The highest BCUT2D eigenvalue weighted by Crippen LogP contribution is 2.26. The van der Waals surface area contributed by atoms with Crippen LogP contribution >= 0.6 is 12.6 Å². The monoisotopic (exact) mass is 268 g/mol. The fraction of sp³-hybridized carbons (Fsp3) is 0.500. The highest BCUT2D eigenvalue weighted by Gasteiger charge is 2.23. The molecule has 0 radical (unpaired) electrons. The summed E-state index contributed by atoms with van der Waals surface area (Å²) in [5.41, 5.74) is -0.0267. The minimum atomic E-state index is -0.581. The van der Waals surface area contributed by atoms with E-state index in [9.17, 15) is 9.18 Å². The van der Waals surface area contributed by atoms with Crippen LogP contribution in [-0.2, 0) is 4.74 Å². The van der Waals surface area contributed by atoms with Crippen LogP contribution in [0.1, 0.15) is 43.0 Å². The molecule has 98 valence electrons. The Labute approximate surface area is 112 Å². The molecule has 1 fully saturated rings. The fourth-order valence-corrected chi connectivity index (χ4v) is 2.44. The van der Waals surface area contributed by atoms with Crippen LogP contribution in [0, 0.1) is 11.7 Å². The summed E-state index contributed by atoms with van der Waals surface area (Å²) in [4.78, 5) is 12.4. The Bertz CT molecular complexity index is 439. The molecule has 4 heteroatoms. The maximum atomic E-state index is 13.5. The number of hydrogen-bond donors (Lipinski definition) is 1. The molecule has 0 saturated heterocycles. The predicted octanol–water partition coefficient (Wildman–Crippen LogP) is 3.85. The molecule has 0 N–H and O–H groups in total. The van der Waals surface area contributed by atoms with Crippen molar-refractivity contribution < 1.29 is 13.9 Å². The first-order chi connectivity index (χ1) is 8.56. The van der Waals surface area contributed by atoms with Crippen molar-refractivity contribution in [1.82, 2.24) is 0 Å². The average Bonchev–Trinajstić information content (AvgIpc) is 2.35. The van der Waals surface area contributed by atoms with Crippen LogP contribution < -0.4 is 0 Å². The molecule has 1 aromatic carbocycles. The Morgan fingerprint density at radius 2 is 2.00 bits per heavy atom. The van der Waals surface area contributed by atoms with E-state index in [1.54, 1.807) is 0 Å². The molecule has 0 heterocycles. The molecule has 1 aliphatic carbocycles. The quantitative estimate of drug-likeness (QED) is 0.651. The van der Waals surface area contributed by atoms with Gasteiger partial charge in [0.05, 0.1) is 5.56 Å². The molecule has 0 bridgehead atoms. The molecular formula is C14H17FO2S. The largest absolute Gasteiger partial charge is 0.459 e. The molecule has 0 aromatic heterocycles. The summed E-state index contributed by atoms with van der Waals surface area (Å²) in [6.07, 6.45) is 3.79. The lowest BCUT2D eigenvalue weighted by atomic mass is 9.89. The zero-order valence-corrected chi connectivity index (χ0v) is 11.3. The van der Waals surface area contributed by atoms with Gasteiger partial charge in [0.15, 0.2) is 0 Å². The summed E-state index contributed by atoms with van der Waals surface area (Å²) in [5.74, 6) is -0.442. The van der Waals surface area contributed by atoms with Crippen LogP contribution in [0.2, 0.25) is 0 Å². The first kappa shape index (κ1) is 13.4. The lowest BCUT2D eigenvalue weighted by Crippen LogP contribution is -2.24. The van der Waals surface area contributed by atoms with Gasteiger partial charge in [-0.2, -0.15) is 0 Å². The number of benzene rings is 1.